The molecule has 2 heterocycles. The van der Waals surface area contributed by atoms with Crippen molar-refractivity contribution in [2.45, 2.75) is 0 Å². The smallest absolute Gasteiger partial charge is 0.240 e. The number of nitrogens with two attached hydrogens (primary N) is 1. The number of hydrogen-bond donors (Lipinski definition) is 2. The van der Waals surface area contributed by atoms with Crippen LogP contribution in [0.4, 0.5) is 5.95 Å². The fourth-order valence-electron chi connectivity index (χ4n) is 1.74. The minimum absolute atomic E-state index is 0.297. The minimum Gasteiger partial charge on any atom is -0.437 e. The van der Waals surface area contributed by atoms with Gasteiger partial charge in [0.1, 0.15) is 5.52 Å². The molecule has 0 saturated heterocycles. The SMILES string of the molecule is NNc1nccc(Oc2cccc3cccnc23)n1. The average molecular weight is 253 g/mol. The van der Waals surface area contributed by atoms with E-state index in [0.29, 0.717) is 17.6 Å². The molecule has 1 aromatic carbocycles. The number of anilines is 1. The van der Waals surface area contributed by atoms with Gasteiger partial charge in [0.15, 0.2) is 5.75 Å². The van der Waals surface area contributed by atoms with Crippen molar-refractivity contribution in [2.75, 3.05) is 5.43 Å². The van der Waals surface area contributed by atoms with Crippen LogP contribution in [-0.2, 0) is 0 Å². The second kappa shape index (κ2) is 4.87. The number of aromatic nitrogens is 3. The summed E-state index contributed by atoms with van der Waals surface area (Å²) < 4.78 is 5.72. The Morgan fingerprint density at radius 2 is 1.89 bits per heavy atom. The molecule has 0 atom stereocenters. The van der Waals surface area contributed by atoms with Gasteiger partial charge in [-0.3, -0.25) is 10.4 Å². The summed E-state index contributed by atoms with van der Waals surface area (Å²) in [5, 5.41) is 1.01. The van der Waals surface area contributed by atoms with Crippen LogP contribution in [0.3, 0.4) is 0 Å². The molecule has 0 bridgehead atoms. The molecule has 0 radical (unpaired) electrons. The van der Waals surface area contributed by atoms with Crippen LogP contribution in [0.25, 0.3) is 10.9 Å². The summed E-state index contributed by atoms with van der Waals surface area (Å²) in [6, 6.07) is 11.2. The number of para-hydroxylation sites is 1. The molecule has 0 spiro atoms. The molecule has 0 aliphatic rings. The summed E-state index contributed by atoms with van der Waals surface area (Å²) in [6.07, 6.45) is 3.29. The van der Waals surface area contributed by atoms with E-state index < -0.39 is 0 Å². The van der Waals surface area contributed by atoms with Gasteiger partial charge in [0.2, 0.25) is 11.8 Å². The first-order chi connectivity index (χ1) is 9.36. The van der Waals surface area contributed by atoms with Crippen molar-refractivity contribution in [3.8, 4) is 11.6 Å². The second-order valence-electron chi connectivity index (χ2n) is 3.80. The molecule has 3 N–H and O–H groups in total. The normalized spacial score (nSPS) is 10.4. The van der Waals surface area contributed by atoms with E-state index in [-0.39, 0.29) is 0 Å². The molecule has 3 rings (SSSR count). The highest BCUT2D eigenvalue weighted by atomic mass is 16.5. The predicted octanol–water partition coefficient (Wildman–Crippen LogP) is 2.10. The average Bonchev–Trinajstić information content (AvgIpc) is 2.48. The third-order valence-corrected chi connectivity index (χ3v) is 2.57. The van der Waals surface area contributed by atoms with Gasteiger partial charge in [-0.15, -0.1) is 0 Å². The highest BCUT2D eigenvalue weighted by Gasteiger charge is 2.05. The molecular weight excluding hydrogens is 242 g/mol. The van der Waals surface area contributed by atoms with Gasteiger partial charge in [0.25, 0.3) is 0 Å². The van der Waals surface area contributed by atoms with Crippen molar-refractivity contribution in [3.05, 3.63) is 48.8 Å². The van der Waals surface area contributed by atoms with E-state index in [4.69, 9.17) is 10.6 Å². The van der Waals surface area contributed by atoms with E-state index in [1.165, 1.54) is 0 Å². The minimum atomic E-state index is 0.297. The summed E-state index contributed by atoms with van der Waals surface area (Å²) in [5.41, 5.74) is 3.16. The fraction of sp³-hybridized carbons (Fsp3) is 0. The highest BCUT2D eigenvalue weighted by Crippen LogP contribution is 2.27. The molecule has 0 aliphatic carbocycles. The largest absolute Gasteiger partial charge is 0.437 e. The summed E-state index contributed by atoms with van der Waals surface area (Å²) in [5.74, 6) is 6.60. The Labute approximate surface area is 109 Å². The first-order valence-electron chi connectivity index (χ1n) is 5.68. The van der Waals surface area contributed by atoms with Gasteiger partial charge < -0.3 is 4.74 Å². The Kier molecular flexibility index (Phi) is 2.91. The van der Waals surface area contributed by atoms with Crippen LogP contribution in [0, 0.1) is 0 Å². The van der Waals surface area contributed by atoms with Crippen molar-refractivity contribution in [2.24, 2.45) is 5.84 Å². The molecule has 6 nitrogen and oxygen atoms in total. The van der Waals surface area contributed by atoms with Crippen molar-refractivity contribution in [1.82, 2.24) is 15.0 Å². The number of nitrogen functional groups attached to an aromatic ring is 1. The maximum Gasteiger partial charge on any atom is 0.240 e. The van der Waals surface area contributed by atoms with Gasteiger partial charge >= 0.3 is 0 Å². The highest BCUT2D eigenvalue weighted by molar-refractivity contribution is 5.84. The van der Waals surface area contributed by atoms with Crippen LogP contribution < -0.4 is 16.0 Å². The van der Waals surface area contributed by atoms with Gasteiger partial charge in [-0.05, 0) is 12.1 Å². The molecule has 3 aromatic rings. The molecule has 0 unspecified atom stereocenters. The third-order valence-electron chi connectivity index (χ3n) is 2.57. The van der Waals surface area contributed by atoms with Gasteiger partial charge in [0.05, 0.1) is 0 Å². The summed E-state index contributed by atoms with van der Waals surface area (Å²) in [4.78, 5) is 12.3. The lowest BCUT2D eigenvalue weighted by Crippen LogP contribution is -2.10. The van der Waals surface area contributed by atoms with Crippen LogP contribution >= 0.6 is 0 Å². The molecule has 0 amide bonds. The number of benzene rings is 1. The van der Waals surface area contributed by atoms with Gasteiger partial charge in [-0.1, -0.05) is 18.2 Å². The number of ether oxygens (including phenoxy) is 1. The molecule has 94 valence electrons. The van der Waals surface area contributed by atoms with Crippen LogP contribution in [0.15, 0.2) is 48.8 Å². The molecule has 0 aliphatic heterocycles. The molecule has 0 fully saturated rings. The Hall–Kier alpha value is -2.73. The number of pyridine rings is 1. The standard InChI is InChI=1S/C13H11N5O/c14-18-13-16-8-6-11(17-13)19-10-5-1-3-9-4-2-7-15-12(9)10/h1-8H,14H2,(H,16,17,18). The molecule has 6 heteroatoms. The predicted molar refractivity (Wildman–Crippen MR) is 71.7 cm³/mol. The zero-order valence-corrected chi connectivity index (χ0v) is 9.95. The summed E-state index contributed by atoms with van der Waals surface area (Å²) in [7, 11) is 0. The topological polar surface area (TPSA) is 86.0 Å². The number of rotatable bonds is 3. The van der Waals surface area contributed by atoms with E-state index in [2.05, 4.69) is 20.4 Å². The number of nitrogens with one attached hydrogen (secondary N) is 1. The van der Waals surface area contributed by atoms with Crippen molar-refractivity contribution in [3.63, 3.8) is 0 Å². The fourth-order valence-corrected chi connectivity index (χ4v) is 1.74. The number of fused-ring (bicyclic) bond motifs is 1. The third kappa shape index (κ3) is 2.29. The second-order valence-corrected chi connectivity index (χ2v) is 3.80. The summed E-state index contributed by atoms with van der Waals surface area (Å²) >= 11 is 0. The Morgan fingerprint density at radius 3 is 2.79 bits per heavy atom. The quantitative estimate of drug-likeness (QED) is 0.549. The Balaban J connectivity index is 2.01. The van der Waals surface area contributed by atoms with Gasteiger partial charge in [0, 0.05) is 23.8 Å². The van der Waals surface area contributed by atoms with Crippen LogP contribution in [0.5, 0.6) is 11.6 Å². The van der Waals surface area contributed by atoms with Gasteiger partial charge in [-0.2, -0.15) is 4.98 Å². The van der Waals surface area contributed by atoms with E-state index in [1.54, 1.807) is 18.5 Å². The number of nitrogens with zero attached hydrogens (tertiary/aromatic N) is 3. The van der Waals surface area contributed by atoms with Crippen molar-refractivity contribution in [1.29, 1.82) is 0 Å². The first-order valence-corrected chi connectivity index (χ1v) is 5.68. The zero-order valence-electron chi connectivity index (χ0n) is 9.95. The van der Waals surface area contributed by atoms with Crippen molar-refractivity contribution < 1.29 is 4.74 Å². The number of hydrazine groups is 1. The molecule has 2 aromatic heterocycles. The Morgan fingerprint density at radius 1 is 1.00 bits per heavy atom. The lowest BCUT2D eigenvalue weighted by Gasteiger charge is -2.07. The maximum atomic E-state index is 5.72. The van der Waals surface area contributed by atoms with Crippen LogP contribution in [0.2, 0.25) is 0 Å². The lowest BCUT2D eigenvalue weighted by atomic mass is 10.2. The zero-order chi connectivity index (χ0) is 13.1. The molecule has 19 heavy (non-hydrogen) atoms. The monoisotopic (exact) mass is 253 g/mol. The molecule has 0 saturated carbocycles. The van der Waals surface area contributed by atoms with Crippen LogP contribution in [0.1, 0.15) is 0 Å². The lowest BCUT2D eigenvalue weighted by molar-refractivity contribution is 0.466. The first kappa shape index (κ1) is 11.4. The van der Waals surface area contributed by atoms with E-state index in [9.17, 15) is 0 Å². The molecular formula is C13H11N5O. The van der Waals surface area contributed by atoms with E-state index in [0.717, 1.165) is 10.9 Å². The number of hydrogen-bond acceptors (Lipinski definition) is 6. The van der Waals surface area contributed by atoms with E-state index >= 15 is 0 Å². The Bertz CT molecular complexity index is 711. The summed E-state index contributed by atoms with van der Waals surface area (Å²) in [6.45, 7) is 0. The van der Waals surface area contributed by atoms with E-state index in [1.807, 2.05) is 30.3 Å². The van der Waals surface area contributed by atoms with Crippen LogP contribution in [-0.4, -0.2) is 15.0 Å². The van der Waals surface area contributed by atoms with Crippen molar-refractivity contribution >= 4 is 16.9 Å². The maximum absolute atomic E-state index is 5.72. The van der Waals surface area contributed by atoms with Gasteiger partial charge in [-0.25, -0.2) is 10.8 Å².